The summed E-state index contributed by atoms with van der Waals surface area (Å²) < 4.78 is 0. The lowest BCUT2D eigenvalue weighted by molar-refractivity contribution is 0.181. The van der Waals surface area contributed by atoms with Crippen LogP contribution in [-0.2, 0) is 0 Å². The molecule has 1 fully saturated rings. The van der Waals surface area contributed by atoms with E-state index in [0.717, 1.165) is 5.92 Å². The van der Waals surface area contributed by atoms with Crippen LogP contribution in [0, 0.1) is 5.92 Å². The molecule has 1 aliphatic rings. The van der Waals surface area contributed by atoms with Crippen LogP contribution >= 0.6 is 0 Å². The monoisotopic (exact) mass is 226 g/mol. The Kier molecular flexibility index (Phi) is 7.87. The third-order valence-corrected chi connectivity index (χ3v) is 3.84. The molecule has 0 saturated heterocycles. The summed E-state index contributed by atoms with van der Waals surface area (Å²) in [5, 5.41) is 3.21. The quantitative estimate of drug-likeness (QED) is 0.576. The highest BCUT2D eigenvalue weighted by Gasteiger charge is 2.19. The van der Waals surface area contributed by atoms with Gasteiger partial charge in [-0.05, 0) is 58.3 Å². The van der Waals surface area contributed by atoms with Gasteiger partial charge in [-0.25, -0.2) is 0 Å². The summed E-state index contributed by atoms with van der Waals surface area (Å²) in [6.07, 6.45) is 9.98. The number of hydrogen-bond acceptors (Lipinski definition) is 2. The van der Waals surface area contributed by atoms with Crippen molar-refractivity contribution in [3.05, 3.63) is 0 Å². The van der Waals surface area contributed by atoms with Crippen molar-refractivity contribution < 1.29 is 0 Å². The molecule has 1 N–H and O–H groups in total. The highest BCUT2D eigenvalue weighted by molar-refractivity contribution is 4.73. The van der Waals surface area contributed by atoms with Crippen LogP contribution in [0.1, 0.15) is 51.9 Å². The Bertz CT molecular complexity index is 155. The Labute approximate surface area is 102 Å². The second kappa shape index (κ2) is 9.00. The summed E-state index contributed by atoms with van der Waals surface area (Å²) in [6, 6.07) is 0. The van der Waals surface area contributed by atoms with Gasteiger partial charge in [0, 0.05) is 6.54 Å². The minimum absolute atomic E-state index is 1.03. The van der Waals surface area contributed by atoms with Crippen molar-refractivity contribution >= 4 is 0 Å². The number of unbranched alkanes of at least 4 members (excludes halogenated alkanes) is 3. The molecule has 0 atom stereocenters. The molecule has 0 radical (unpaired) electrons. The van der Waals surface area contributed by atoms with E-state index < -0.39 is 0 Å². The van der Waals surface area contributed by atoms with Crippen molar-refractivity contribution in [3.8, 4) is 0 Å². The van der Waals surface area contributed by atoms with E-state index in [-0.39, 0.29) is 0 Å². The summed E-state index contributed by atoms with van der Waals surface area (Å²) in [6.45, 7) is 7.42. The van der Waals surface area contributed by atoms with Gasteiger partial charge in [0.2, 0.25) is 0 Å². The van der Waals surface area contributed by atoms with Crippen LogP contribution in [0.15, 0.2) is 0 Å². The maximum absolute atomic E-state index is 3.21. The van der Waals surface area contributed by atoms with E-state index in [9.17, 15) is 0 Å². The van der Waals surface area contributed by atoms with E-state index in [1.807, 2.05) is 7.05 Å². The maximum atomic E-state index is 3.21. The third kappa shape index (κ3) is 5.86. The summed E-state index contributed by atoms with van der Waals surface area (Å²) >= 11 is 0. The fourth-order valence-corrected chi connectivity index (χ4v) is 2.41. The molecule has 0 aliphatic heterocycles. The standard InChI is InChI=1S/C14H30N2/c1-3-16(13-14-9-8-10-14)12-7-5-4-6-11-15-2/h14-15H,3-13H2,1-2H3. The van der Waals surface area contributed by atoms with Crippen LogP contribution in [0.5, 0.6) is 0 Å². The molecule has 0 bridgehead atoms. The van der Waals surface area contributed by atoms with E-state index in [0.29, 0.717) is 0 Å². The molecule has 1 rings (SSSR count). The van der Waals surface area contributed by atoms with E-state index >= 15 is 0 Å². The van der Waals surface area contributed by atoms with Gasteiger partial charge < -0.3 is 10.2 Å². The predicted octanol–water partition coefficient (Wildman–Crippen LogP) is 2.89. The molecule has 0 unspecified atom stereocenters. The first-order chi connectivity index (χ1) is 7.86. The van der Waals surface area contributed by atoms with Gasteiger partial charge in [-0.3, -0.25) is 0 Å². The zero-order valence-corrected chi connectivity index (χ0v) is 11.3. The molecule has 0 heterocycles. The van der Waals surface area contributed by atoms with E-state index in [1.54, 1.807) is 0 Å². The van der Waals surface area contributed by atoms with Gasteiger partial charge in [-0.15, -0.1) is 0 Å². The van der Waals surface area contributed by atoms with Crippen LogP contribution in [0.4, 0.5) is 0 Å². The highest BCUT2D eigenvalue weighted by Crippen LogP contribution is 2.27. The Morgan fingerprint density at radius 3 is 2.44 bits per heavy atom. The van der Waals surface area contributed by atoms with Gasteiger partial charge >= 0.3 is 0 Å². The molecule has 2 heteroatoms. The molecule has 16 heavy (non-hydrogen) atoms. The van der Waals surface area contributed by atoms with Gasteiger partial charge in [0.15, 0.2) is 0 Å². The van der Waals surface area contributed by atoms with Gasteiger partial charge in [0.25, 0.3) is 0 Å². The Morgan fingerprint density at radius 1 is 1.12 bits per heavy atom. The zero-order chi connectivity index (χ0) is 11.6. The first kappa shape index (κ1) is 14.0. The Balaban J connectivity index is 1.91. The fourth-order valence-electron chi connectivity index (χ4n) is 2.41. The SMILES string of the molecule is CCN(CCCCCCNC)CC1CCC1. The summed E-state index contributed by atoms with van der Waals surface area (Å²) in [7, 11) is 2.04. The zero-order valence-electron chi connectivity index (χ0n) is 11.3. The normalized spacial score (nSPS) is 16.7. The highest BCUT2D eigenvalue weighted by atomic mass is 15.1. The molecular formula is C14H30N2. The molecule has 2 nitrogen and oxygen atoms in total. The number of nitrogens with one attached hydrogen (secondary N) is 1. The van der Waals surface area contributed by atoms with Crippen LogP contribution in [0.3, 0.4) is 0 Å². The van der Waals surface area contributed by atoms with Crippen molar-refractivity contribution in [1.29, 1.82) is 0 Å². The van der Waals surface area contributed by atoms with Crippen LogP contribution in [0.25, 0.3) is 0 Å². The lowest BCUT2D eigenvalue weighted by Crippen LogP contribution is -2.33. The lowest BCUT2D eigenvalue weighted by Gasteiger charge is -2.31. The van der Waals surface area contributed by atoms with E-state index in [2.05, 4.69) is 17.1 Å². The van der Waals surface area contributed by atoms with Crippen molar-refractivity contribution in [1.82, 2.24) is 10.2 Å². The van der Waals surface area contributed by atoms with Crippen LogP contribution < -0.4 is 5.32 Å². The van der Waals surface area contributed by atoms with Gasteiger partial charge in [-0.1, -0.05) is 26.2 Å². The third-order valence-electron chi connectivity index (χ3n) is 3.84. The fraction of sp³-hybridized carbons (Fsp3) is 1.00. The van der Waals surface area contributed by atoms with Gasteiger partial charge in [0.1, 0.15) is 0 Å². The molecule has 0 spiro atoms. The Hall–Kier alpha value is -0.0800. The summed E-state index contributed by atoms with van der Waals surface area (Å²) in [4.78, 5) is 2.65. The van der Waals surface area contributed by atoms with Crippen LogP contribution in [-0.4, -0.2) is 38.1 Å². The average Bonchev–Trinajstić information content (AvgIpc) is 2.25. The minimum Gasteiger partial charge on any atom is -0.320 e. The molecule has 0 amide bonds. The Morgan fingerprint density at radius 2 is 1.88 bits per heavy atom. The van der Waals surface area contributed by atoms with Crippen LogP contribution in [0.2, 0.25) is 0 Å². The van der Waals surface area contributed by atoms with Crippen molar-refractivity contribution in [2.24, 2.45) is 5.92 Å². The molecule has 1 aliphatic carbocycles. The molecular weight excluding hydrogens is 196 g/mol. The minimum atomic E-state index is 1.03. The lowest BCUT2D eigenvalue weighted by atomic mass is 9.85. The smallest absolute Gasteiger partial charge is 0.000954 e. The second-order valence-electron chi connectivity index (χ2n) is 5.21. The summed E-state index contributed by atoms with van der Waals surface area (Å²) in [5.74, 6) is 1.03. The first-order valence-corrected chi connectivity index (χ1v) is 7.23. The predicted molar refractivity (Wildman–Crippen MR) is 71.8 cm³/mol. The molecule has 0 aromatic carbocycles. The van der Waals surface area contributed by atoms with E-state index in [4.69, 9.17) is 0 Å². The van der Waals surface area contributed by atoms with Crippen molar-refractivity contribution in [3.63, 3.8) is 0 Å². The largest absolute Gasteiger partial charge is 0.320 e. The summed E-state index contributed by atoms with van der Waals surface area (Å²) in [5.41, 5.74) is 0. The number of rotatable bonds is 10. The van der Waals surface area contributed by atoms with Gasteiger partial charge in [0.05, 0.1) is 0 Å². The molecule has 0 aromatic heterocycles. The topological polar surface area (TPSA) is 15.3 Å². The number of nitrogens with zero attached hydrogens (tertiary/aromatic N) is 1. The van der Waals surface area contributed by atoms with Crippen molar-refractivity contribution in [2.75, 3.05) is 33.2 Å². The molecule has 96 valence electrons. The van der Waals surface area contributed by atoms with Gasteiger partial charge in [-0.2, -0.15) is 0 Å². The molecule has 1 saturated carbocycles. The van der Waals surface area contributed by atoms with E-state index in [1.165, 1.54) is 71.1 Å². The molecule has 0 aromatic rings. The second-order valence-corrected chi connectivity index (χ2v) is 5.21. The number of hydrogen-bond donors (Lipinski definition) is 1. The van der Waals surface area contributed by atoms with Crippen molar-refractivity contribution in [2.45, 2.75) is 51.9 Å². The first-order valence-electron chi connectivity index (χ1n) is 7.23. The average molecular weight is 226 g/mol. The maximum Gasteiger partial charge on any atom is 0.000954 e.